The number of rotatable bonds is 8. The summed E-state index contributed by atoms with van der Waals surface area (Å²) in [5.74, 6) is 0.0233. The van der Waals surface area contributed by atoms with Crippen molar-refractivity contribution in [3.63, 3.8) is 0 Å². The normalized spacial score (nSPS) is 13.5. The number of hydrogen-bond acceptors (Lipinski definition) is 2. The van der Waals surface area contributed by atoms with E-state index in [9.17, 15) is 4.79 Å². The zero-order chi connectivity index (χ0) is 11.8. The van der Waals surface area contributed by atoms with Crippen molar-refractivity contribution in [2.24, 2.45) is 5.92 Å². The Morgan fingerprint density at radius 3 is 2.27 bits per heavy atom. The minimum atomic E-state index is -0.704. The lowest BCUT2D eigenvalue weighted by molar-refractivity contribution is -0.137. The molecule has 0 saturated heterocycles. The summed E-state index contributed by atoms with van der Waals surface area (Å²) in [7, 11) is 0. The summed E-state index contributed by atoms with van der Waals surface area (Å²) in [6.45, 7) is 10.3. The summed E-state index contributed by atoms with van der Waals surface area (Å²) in [6, 6.07) is 0.497. The fourth-order valence-electron chi connectivity index (χ4n) is 1.69. The quantitative estimate of drug-likeness (QED) is 0.676. The van der Waals surface area contributed by atoms with Crippen molar-refractivity contribution < 1.29 is 9.90 Å². The Balaban J connectivity index is 3.87. The molecule has 1 N–H and O–H groups in total. The van der Waals surface area contributed by atoms with Crippen LogP contribution in [0, 0.1) is 5.92 Å². The Bertz CT molecular complexity index is 180. The molecule has 3 nitrogen and oxygen atoms in total. The van der Waals surface area contributed by atoms with E-state index in [4.69, 9.17) is 5.11 Å². The summed E-state index contributed by atoms with van der Waals surface area (Å²) < 4.78 is 0. The van der Waals surface area contributed by atoms with Gasteiger partial charge >= 0.3 is 5.97 Å². The first-order valence-electron chi connectivity index (χ1n) is 5.93. The van der Waals surface area contributed by atoms with Crippen LogP contribution >= 0.6 is 0 Å². The van der Waals surface area contributed by atoms with Crippen LogP contribution in [0.15, 0.2) is 0 Å². The molecular weight excluding hydrogens is 190 g/mol. The van der Waals surface area contributed by atoms with Crippen molar-refractivity contribution in [3.05, 3.63) is 0 Å². The van der Waals surface area contributed by atoms with E-state index < -0.39 is 5.97 Å². The van der Waals surface area contributed by atoms with Gasteiger partial charge in [0.1, 0.15) is 0 Å². The van der Waals surface area contributed by atoms with Crippen LogP contribution in [0.4, 0.5) is 0 Å². The van der Waals surface area contributed by atoms with Gasteiger partial charge in [-0.3, -0.25) is 4.79 Å². The van der Waals surface area contributed by atoms with E-state index in [2.05, 4.69) is 32.6 Å². The summed E-state index contributed by atoms with van der Waals surface area (Å²) >= 11 is 0. The predicted octanol–water partition coefficient (Wildman–Crippen LogP) is 2.61. The van der Waals surface area contributed by atoms with E-state index >= 15 is 0 Å². The molecule has 0 radical (unpaired) electrons. The van der Waals surface area contributed by atoms with E-state index in [1.54, 1.807) is 0 Å². The molecular formula is C12H25NO2. The highest BCUT2D eigenvalue weighted by atomic mass is 16.4. The number of aliphatic carboxylic acids is 1. The standard InChI is InChI=1S/C12H25NO2/c1-5-13(9-8-12(14)15)11(4)7-6-10(2)3/h10-11H,5-9H2,1-4H3,(H,14,15). The maximum atomic E-state index is 10.5. The van der Waals surface area contributed by atoms with Gasteiger partial charge in [-0.05, 0) is 32.2 Å². The van der Waals surface area contributed by atoms with Crippen molar-refractivity contribution in [2.75, 3.05) is 13.1 Å². The van der Waals surface area contributed by atoms with Gasteiger partial charge in [-0.2, -0.15) is 0 Å². The first-order chi connectivity index (χ1) is 6.97. The molecule has 15 heavy (non-hydrogen) atoms. The summed E-state index contributed by atoms with van der Waals surface area (Å²) in [4.78, 5) is 12.7. The predicted molar refractivity (Wildman–Crippen MR) is 63.0 cm³/mol. The molecule has 0 saturated carbocycles. The van der Waals surface area contributed by atoms with Crippen LogP contribution in [0.2, 0.25) is 0 Å². The second-order valence-electron chi connectivity index (χ2n) is 4.59. The van der Waals surface area contributed by atoms with Crippen molar-refractivity contribution in [3.8, 4) is 0 Å². The van der Waals surface area contributed by atoms with Gasteiger partial charge in [0.05, 0.1) is 6.42 Å². The van der Waals surface area contributed by atoms with Crippen LogP contribution in [0.3, 0.4) is 0 Å². The molecule has 0 bridgehead atoms. The first kappa shape index (κ1) is 14.4. The smallest absolute Gasteiger partial charge is 0.304 e. The summed E-state index contributed by atoms with van der Waals surface area (Å²) in [5.41, 5.74) is 0. The zero-order valence-corrected chi connectivity index (χ0v) is 10.5. The lowest BCUT2D eigenvalue weighted by Gasteiger charge is -2.27. The molecule has 0 aromatic heterocycles. The molecule has 0 aliphatic rings. The van der Waals surface area contributed by atoms with Gasteiger partial charge in [0.25, 0.3) is 0 Å². The third kappa shape index (κ3) is 7.37. The van der Waals surface area contributed by atoms with E-state index in [-0.39, 0.29) is 6.42 Å². The third-order valence-corrected chi connectivity index (χ3v) is 2.80. The Hall–Kier alpha value is -0.570. The van der Waals surface area contributed by atoms with Crippen LogP contribution in [-0.4, -0.2) is 35.1 Å². The topological polar surface area (TPSA) is 40.5 Å². The Morgan fingerprint density at radius 1 is 1.27 bits per heavy atom. The molecule has 0 heterocycles. The molecule has 1 atom stereocenters. The zero-order valence-electron chi connectivity index (χ0n) is 10.5. The van der Waals surface area contributed by atoms with E-state index in [0.29, 0.717) is 12.6 Å². The fourth-order valence-corrected chi connectivity index (χ4v) is 1.69. The van der Waals surface area contributed by atoms with Crippen LogP contribution in [0.1, 0.15) is 47.0 Å². The largest absolute Gasteiger partial charge is 0.481 e. The number of hydrogen-bond donors (Lipinski definition) is 1. The van der Waals surface area contributed by atoms with Gasteiger partial charge in [0.15, 0.2) is 0 Å². The number of carboxylic acid groups (broad SMARTS) is 1. The first-order valence-corrected chi connectivity index (χ1v) is 5.93. The van der Waals surface area contributed by atoms with E-state index in [1.165, 1.54) is 6.42 Å². The van der Waals surface area contributed by atoms with Crippen LogP contribution < -0.4 is 0 Å². The molecule has 1 unspecified atom stereocenters. The monoisotopic (exact) mass is 215 g/mol. The van der Waals surface area contributed by atoms with Gasteiger partial charge in [-0.1, -0.05) is 20.8 Å². The molecule has 0 fully saturated rings. The van der Waals surface area contributed by atoms with Crippen LogP contribution in [0.5, 0.6) is 0 Å². The van der Waals surface area contributed by atoms with E-state index in [0.717, 1.165) is 18.9 Å². The molecule has 0 spiro atoms. The van der Waals surface area contributed by atoms with Crippen molar-refractivity contribution in [1.29, 1.82) is 0 Å². The van der Waals surface area contributed by atoms with Gasteiger partial charge < -0.3 is 10.0 Å². The number of nitrogens with zero attached hydrogens (tertiary/aromatic N) is 1. The van der Waals surface area contributed by atoms with Gasteiger partial charge in [-0.15, -0.1) is 0 Å². The van der Waals surface area contributed by atoms with Gasteiger partial charge in [0.2, 0.25) is 0 Å². The number of carbonyl (C=O) groups is 1. The second kappa shape index (κ2) is 7.69. The summed E-state index contributed by atoms with van der Waals surface area (Å²) in [5, 5.41) is 8.63. The molecule has 0 aliphatic heterocycles. The van der Waals surface area contributed by atoms with Crippen LogP contribution in [0.25, 0.3) is 0 Å². The maximum Gasteiger partial charge on any atom is 0.304 e. The van der Waals surface area contributed by atoms with Crippen LogP contribution in [-0.2, 0) is 4.79 Å². The number of carboxylic acids is 1. The second-order valence-corrected chi connectivity index (χ2v) is 4.59. The van der Waals surface area contributed by atoms with Crippen molar-refractivity contribution in [1.82, 2.24) is 4.90 Å². The molecule has 0 aromatic carbocycles. The highest BCUT2D eigenvalue weighted by molar-refractivity contribution is 5.66. The van der Waals surface area contributed by atoms with E-state index in [1.807, 2.05) is 0 Å². The lowest BCUT2D eigenvalue weighted by Crippen LogP contribution is -2.34. The third-order valence-electron chi connectivity index (χ3n) is 2.80. The molecule has 0 amide bonds. The average molecular weight is 215 g/mol. The maximum absolute atomic E-state index is 10.5. The fraction of sp³-hybridized carbons (Fsp3) is 0.917. The minimum Gasteiger partial charge on any atom is -0.481 e. The lowest BCUT2D eigenvalue weighted by atomic mass is 10.0. The molecule has 0 aromatic rings. The average Bonchev–Trinajstić information content (AvgIpc) is 2.15. The highest BCUT2D eigenvalue weighted by Gasteiger charge is 2.13. The molecule has 0 rings (SSSR count). The molecule has 0 aliphatic carbocycles. The summed E-state index contributed by atoms with van der Waals surface area (Å²) in [6.07, 6.45) is 2.62. The Labute approximate surface area is 93.5 Å². The molecule has 3 heteroatoms. The van der Waals surface area contributed by atoms with Gasteiger partial charge in [-0.25, -0.2) is 0 Å². The molecule has 90 valence electrons. The highest BCUT2D eigenvalue weighted by Crippen LogP contribution is 2.11. The SMILES string of the molecule is CCN(CCC(=O)O)C(C)CCC(C)C. The minimum absolute atomic E-state index is 0.250. The Kier molecular flexibility index (Phi) is 7.39. The van der Waals surface area contributed by atoms with Gasteiger partial charge in [0, 0.05) is 12.6 Å². The van der Waals surface area contributed by atoms with Crippen molar-refractivity contribution >= 4 is 5.97 Å². The Morgan fingerprint density at radius 2 is 1.87 bits per heavy atom. The van der Waals surface area contributed by atoms with Crippen molar-refractivity contribution in [2.45, 2.75) is 53.0 Å².